The van der Waals surface area contributed by atoms with Crippen LogP contribution >= 0.6 is 0 Å². The second-order valence-corrected chi connectivity index (χ2v) is 6.90. The lowest BCUT2D eigenvalue weighted by atomic mass is 9.92. The van der Waals surface area contributed by atoms with Crippen molar-refractivity contribution in [2.45, 2.75) is 19.5 Å². The van der Waals surface area contributed by atoms with Gasteiger partial charge in [0, 0.05) is 16.5 Å². The van der Waals surface area contributed by atoms with Gasteiger partial charge in [0.1, 0.15) is 0 Å². The third-order valence-corrected chi connectivity index (χ3v) is 4.89. The van der Waals surface area contributed by atoms with Gasteiger partial charge in [-0.05, 0) is 41.8 Å². The van der Waals surface area contributed by atoms with Gasteiger partial charge in [-0.2, -0.15) is 13.2 Å². The van der Waals surface area contributed by atoms with E-state index in [1.807, 2.05) is 43.3 Å². The van der Waals surface area contributed by atoms with Crippen LogP contribution in [0.1, 0.15) is 29.3 Å². The number of fused-ring (bicyclic) bond motifs is 1. The Morgan fingerprint density at radius 2 is 1.50 bits per heavy atom. The molecule has 4 aromatic rings. The lowest BCUT2D eigenvalue weighted by Crippen LogP contribution is -2.12. The second-order valence-electron chi connectivity index (χ2n) is 6.90. The molecule has 0 fully saturated rings. The molecule has 0 radical (unpaired) electrons. The predicted octanol–water partition coefficient (Wildman–Crippen LogP) is 6.88. The highest BCUT2D eigenvalue weighted by Gasteiger charge is 2.37. The van der Waals surface area contributed by atoms with E-state index in [0.717, 1.165) is 12.0 Å². The summed E-state index contributed by atoms with van der Waals surface area (Å²) in [6, 6.07) is 23.5. The highest BCUT2D eigenvalue weighted by Crippen LogP contribution is 2.39. The Morgan fingerprint density at radius 3 is 2.13 bits per heavy atom. The average molecular weight is 401 g/mol. The SMILES string of the molecule is CCc1ccc2nc(C(F)(F)F)c(C#Cc3ccccc3)c(-c3ccccc3)c2c1. The fraction of sp³-hybridized carbons (Fsp3) is 0.115. The Labute approximate surface area is 173 Å². The van der Waals surface area contributed by atoms with Crippen LogP contribution in [0.3, 0.4) is 0 Å². The molecule has 0 N–H and O–H groups in total. The van der Waals surface area contributed by atoms with Gasteiger partial charge in [0.05, 0.1) is 11.1 Å². The molecule has 1 aromatic heterocycles. The number of halogens is 3. The Hall–Kier alpha value is -3.58. The number of nitrogens with zero attached hydrogens (tertiary/aromatic N) is 1. The topological polar surface area (TPSA) is 12.9 Å². The first-order valence-corrected chi connectivity index (χ1v) is 9.63. The van der Waals surface area contributed by atoms with Gasteiger partial charge < -0.3 is 0 Å². The standard InChI is InChI=1S/C26H18F3N/c1-2-18-14-16-23-22(17-18)24(20-11-7-4-8-12-20)21(25(30-23)26(27,28)29)15-13-19-9-5-3-6-10-19/h3-12,14,16-17H,2H2,1H3. The number of hydrogen-bond donors (Lipinski definition) is 0. The summed E-state index contributed by atoms with van der Waals surface area (Å²) in [6.45, 7) is 2.01. The van der Waals surface area contributed by atoms with Crippen LogP contribution in [-0.2, 0) is 12.6 Å². The summed E-state index contributed by atoms with van der Waals surface area (Å²) in [5.41, 5.74) is 2.08. The van der Waals surface area contributed by atoms with Crippen LogP contribution in [0.2, 0.25) is 0 Å². The van der Waals surface area contributed by atoms with Crippen molar-refractivity contribution in [2.75, 3.05) is 0 Å². The minimum atomic E-state index is -4.62. The van der Waals surface area contributed by atoms with Crippen molar-refractivity contribution in [1.29, 1.82) is 0 Å². The van der Waals surface area contributed by atoms with Gasteiger partial charge in [-0.3, -0.25) is 0 Å². The first-order chi connectivity index (χ1) is 14.5. The molecule has 0 aliphatic rings. The molecular weight excluding hydrogens is 383 g/mol. The summed E-state index contributed by atoms with van der Waals surface area (Å²) in [7, 11) is 0. The second kappa shape index (κ2) is 8.04. The number of pyridine rings is 1. The molecule has 148 valence electrons. The normalized spacial score (nSPS) is 11.2. The van der Waals surface area contributed by atoms with E-state index >= 15 is 0 Å². The largest absolute Gasteiger partial charge is 0.434 e. The number of benzene rings is 3. The lowest BCUT2D eigenvalue weighted by molar-refractivity contribution is -0.141. The summed E-state index contributed by atoms with van der Waals surface area (Å²) < 4.78 is 42.0. The van der Waals surface area contributed by atoms with E-state index in [9.17, 15) is 13.2 Å². The highest BCUT2D eigenvalue weighted by atomic mass is 19.4. The van der Waals surface area contributed by atoms with Gasteiger partial charge in [0.2, 0.25) is 0 Å². The molecule has 0 saturated carbocycles. The summed E-state index contributed by atoms with van der Waals surface area (Å²) in [6.07, 6.45) is -3.85. The van der Waals surface area contributed by atoms with E-state index < -0.39 is 11.9 Å². The molecule has 0 amide bonds. The fourth-order valence-corrected chi connectivity index (χ4v) is 3.42. The zero-order chi connectivity index (χ0) is 21.1. The summed E-state index contributed by atoms with van der Waals surface area (Å²) >= 11 is 0. The van der Waals surface area contributed by atoms with Gasteiger partial charge in [0.25, 0.3) is 0 Å². The monoisotopic (exact) mass is 401 g/mol. The van der Waals surface area contributed by atoms with Gasteiger partial charge in [-0.1, -0.05) is 73.4 Å². The average Bonchev–Trinajstić information content (AvgIpc) is 2.77. The maximum Gasteiger partial charge on any atom is 0.434 e. The molecule has 30 heavy (non-hydrogen) atoms. The van der Waals surface area contributed by atoms with Crippen LogP contribution in [0.4, 0.5) is 13.2 Å². The van der Waals surface area contributed by atoms with Crippen molar-refractivity contribution >= 4 is 10.9 Å². The van der Waals surface area contributed by atoms with Gasteiger partial charge in [-0.15, -0.1) is 0 Å². The maximum absolute atomic E-state index is 14.0. The van der Waals surface area contributed by atoms with Crippen LogP contribution in [-0.4, -0.2) is 4.98 Å². The fourth-order valence-electron chi connectivity index (χ4n) is 3.42. The molecule has 0 aliphatic heterocycles. The van der Waals surface area contributed by atoms with Gasteiger partial charge in [-0.25, -0.2) is 4.98 Å². The van der Waals surface area contributed by atoms with Crippen molar-refractivity contribution in [2.24, 2.45) is 0 Å². The van der Waals surface area contributed by atoms with Crippen molar-refractivity contribution in [3.8, 4) is 23.0 Å². The summed E-state index contributed by atoms with van der Waals surface area (Å²) in [4.78, 5) is 3.99. The van der Waals surface area contributed by atoms with Crippen LogP contribution < -0.4 is 0 Å². The number of aryl methyl sites for hydroxylation is 1. The molecule has 1 heterocycles. The van der Waals surface area contributed by atoms with Crippen LogP contribution in [0.5, 0.6) is 0 Å². The van der Waals surface area contributed by atoms with Gasteiger partial charge >= 0.3 is 6.18 Å². The molecule has 0 atom stereocenters. The quantitative estimate of drug-likeness (QED) is 0.334. The lowest BCUT2D eigenvalue weighted by Gasteiger charge is -2.16. The minimum Gasteiger partial charge on any atom is -0.242 e. The van der Waals surface area contributed by atoms with Crippen molar-refractivity contribution in [1.82, 2.24) is 4.98 Å². The third-order valence-electron chi connectivity index (χ3n) is 4.89. The molecule has 4 heteroatoms. The van der Waals surface area contributed by atoms with Crippen molar-refractivity contribution in [3.63, 3.8) is 0 Å². The van der Waals surface area contributed by atoms with E-state index in [-0.39, 0.29) is 5.56 Å². The summed E-state index contributed by atoms with van der Waals surface area (Å²) in [5.74, 6) is 5.69. The van der Waals surface area contributed by atoms with E-state index in [2.05, 4.69) is 16.8 Å². The number of alkyl halides is 3. The van der Waals surface area contributed by atoms with E-state index in [1.165, 1.54) is 0 Å². The highest BCUT2D eigenvalue weighted by molar-refractivity contribution is 5.98. The molecule has 4 rings (SSSR count). The molecule has 0 unspecified atom stereocenters. The van der Waals surface area contributed by atoms with Crippen molar-refractivity contribution < 1.29 is 13.2 Å². The van der Waals surface area contributed by atoms with Crippen LogP contribution in [0.15, 0.2) is 78.9 Å². The zero-order valence-electron chi connectivity index (χ0n) is 16.3. The molecule has 0 spiro atoms. The Kier molecular flexibility index (Phi) is 5.29. The molecular formula is C26H18F3N. The predicted molar refractivity (Wildman–Crippen MR) is 114 cm³/mol. The Morgan fingerprint density at radius 1 is 0.833 bits per heavy atom. The van der Waals surface area contributed by atoms with E-state index in [4.69, 9.17) is 0 Å². The number of hydrogen-bond acceptors (Lipinski definition) is 1. The Bertz CT molecular complexity index is 1250. The van der Waals surface area contributed by atoms with E-state index in [0.29, 0.717) is 27.6 Å². The first kappa shape index (κ1) is 19.7. The molecule has 1 nitrogen and oxygen atoms in total. The van der Waals surface area contributed by atoms with Crippen LogP contribution in [0, 0.1) is 11.8 Å². The molecule has 0 saturated heterocycles. The number of aromatic nitrogens is 1. The first-order valence-electron chi connectivity index (χ1n) is 9.63. The van der Waals surface area contributed by atoms with E-state index in [1.54, 1.807) is 42.5 Å². The third kappa shape index (κ3) is 3.92. The molecule has 0 bridgehead atoms. The maximum atomic E-state index is 14.0. The smallest absolute Gasteiger partial charge is 0.242 e. The molecule has 3 aromatic carbocycles. The minimum absolute atomic E-state index is 0.0988. The van der Waals surface area contributed by atoms with Crippen molar-refractivity contribution in [3.05, 3.63) is 101 Å². The number of rotatable bonds is 2. The molecule has 0 aliphatic carbocycles. The summed E-state index contributed by atoms with van der Waals surface area (Å²) in [5, 5.41) is 0.672. The van der Waals surface area contributed by atoms with Crippen LogP contribution in [0.25, 0.3) is 22.0 Å². The van der Waals surface area contributed by atoms with Gasteiger partial charge in [0.15, 0.2) is 5.69 Å². The zero-order valence-corrected chi connectivity index (χ0v) is 16.3. The Balaban J connectivity index is 2.12.